The van der Waals surface area contributed by atoms with Gasteiger partial charge < -0.3 is 20.7 Å². The molecular weight excluding hydrogens is 325 g/mol. The van der Waals surface area contributed by atoms with E-state index in [9.17, 15) is 23.1 Å². The van der Waals surface area contributed by atoms with Crippen molar-refractivity contribution in [1.82, 2.24) is 14.9 Å². The summed E-state index contributed by atoms with van der Waals surface area (Å²) in [6.45, 7) is 0.0906. The molecule has 1 heterocycles. The lowest BCUT2D eigenvalue weighted by Gasteiger charge is -2.30. The van der Waals surface area contributed by atoms with Gasteiger partial charge in [-0.15, -0.1) is 0 Å². The first-order valence-corrected chi connectivity index (χ1v) is 7.95. The zero-order chi connectivity index (χ0) is 18.0. The Bertz CT molecular complexity index is 575. The molecule has 9 heteroatoms. The summed E-state index contributed by atoms with van der Waals surface area (Å²) < 4.78 is 41.2. The highest BCUT2D eigenvalue weighted by Gasteiger charge is 2.57. The number of aliphatic hydroxyl groups is 1. The average molecular weight is 348 g/mol. The number of nitrogens with two attached hydrogens (primary N) is 1. The third-order valence-electron chi connectivity index (χ3n) is 4.74. The highest BCUT2D eigenvalue weighted by molar-refractivity contribution is 5.79. The van der Waals surface area contributed by atoms with Crippen molar-refractivity contribution >= 4 is 5.91 Å². The molecule has 1 aliphatic carbocycles. The first-order chi connectivity index (χ1) is 11.2. The minimum absolute atomic E-state index is 0.0704. The quantitative estimate of drug-likeness (QED) is 0.716. The fraction of sp³-hybridized carbons (Fsp3) is 0.733. The van der Waals surface area contributed by atoms with Crippen LogP contribution in [0.4, 0.5) is 13.2 Å². The van der Waals surface area contributed by atoms with Crippen molar-refractivity contribution in [3.63, 3.8) is 0 Å². The highest BCUT2D eigenvalue weighted by atomic mass is 19.4. The first-order valence-electron chi connectivity index (χ1n) is 7.95. The number of rotatable bonds is 6. The summed E-state index contributed by atoms with van der Waals surface area (Å²) in [5, 5.41) is 12.7. The van der Waals surface area contributed by atoms with E-state index in [0.29, 0.717) is 13.0 Å². The fourth-order valence-electron chi connectivity index (χ4n) is 3.31. The number of imidazole rings is 1. The normalized spacial score (nSPS) is 23.9. The molecule has 0 spiro atoms. The maximum Gasteiger partial charge on any atom is 0.424 e. The number of carbonyl (C=O) groups excluding carboxylic acids is 1. The van der Waals surface area contributed by atoms with Gasteiger partial charge >= 0.3 is 6.18 Å². The van der Waals surface area contributed by atoms with Gasteiger partial charge in [0, 0.05) is 38.3 Å². The zero-order valence-electron chi connectivity index (χ0n) is 13.5. The third-order valence-corrected chi connectivity index (χ3v) is 4.74. The van der Waals surface area contributed by atoms with Gasteiger partial charge in [-0.2, -0.15) is 13.2 Å². The van der Waals surface area contributed by atoms with E-state index < -0.39 is 24.0 Å². The van der Waals surface area contributed by atoms with Gasteiger partial charge in [-0.25, -0.2) is 4.98 Å². The number of amides is 1. The molecular formula is C15H23F3N4O2. The Balaban J connectivity index is 2.02. The highest BCUT2D eigenvalue weighted by Crippen LogP contribution is 2.40. The third kappa shape index (κ3) is 3.56. The number of aryl methyl sites for hydroxylation is 1. The van der Waals surface area contributed by atoms with Crippen LogP contribution in [-0.4, -0.2) is 39.8 Å². The number of halogens is 3. The van der Waals surface area contributed by atoms with Gasteiger partial charge in [0.15, 0.2) is 0 Å². The predicted octanol–water partition coefficient (Wildman–Crippen LogP) is 1.05. The van der Waals surface area contributed by atoms with E-state index in [0.717, 1.165) is 17.4 Å². The summed E-state index contributed by atoms with van der Waals surface area (Å²) in [6, 6.07) is 0. The Morgan fingerprint density at radius 3 is 2.75 bits per heavy atom. The monoisotopic (exact) mass is 348 g/mol. The zero-order valence-corrected chi connectivity index (χ0v) is 13.5. The molecule has 1 unspecified atom stereocenters. The number of nitrogens with zero attached hydrogens (tertiary/aromatic N) is 2. The Labute approximate surface area is 138 Å². The second kappa shape index (κ2) is 7.10. The van der Waals surface area contributed by atoms with Crippen molar-refractivity contribution in [2.45, 2.75) is 37.5 Å². The summed E-state index contributed by atoms with van der Waals surface area (Å²) >= 11 is 0. The molecule has 0 aliphatic heterocycles. The van der Waals surface area contributed by atoms with Gasteiger partial charge in [0.1, 0.15) is 5.82 Å². The topological polar surface area (TPSA) is 93.2 Å². The average Bonchev–Trinajstić information content (AvgIpc) is 3.14. The van der Waals surface area contributed by atoms with Gasteiger partial charge in [-0.05, 0) is 25.3 Å². The maximum absolute atomic E-state index is 13.4. The SMILES string of the molecule is Cn1ccnc1C(O)(CCNC(=O)[C@@H]1CCC[C@@H]1CN)C(F)(F)F. The van der Waals surface area contributed by atoms with E-state index >= 15 is 0 Å². The Morgan fingerprint density at radius 1 is 1.50 bits per heavy atom. The van der Waals surface area contributed by atoms with Crippen molar-refractivity contribution in [2.24, 2.45) is 24.6 Å². The minimum Gasteiger partial charge on any atom is -0.374 e. The molecule has 2 rings (SSSR count). The lowest BCUT2D eigenvalue weighted by Crippen LogP contribution is -2.47. The molecule has 1 aromatic heterocycles. The molecule has 3 atom stereocenters. The van der Waals surface area contributed by atoms with Gasteiger partial charge in [0.05, 0.1) is 0 Å². The van der Waals surface area contributed by atoms with Gasteiger partial charge in [0.2, 0.25) is 11.5 Å². The van der Waals surface area contributed by atoms with Crippen LogP contribution in [-0.2, 0) is 17.4 Å². The van der Waals surface area contributed by atoms with Crippen LogP contribution in [0.2, 0.25) is 0 Å². The number of aromatic nitrogens is 2. The van der Waals surface area contributed by atoms with Crippen LogP contribution in [0.15, 0.2) is 12.4 Å². The van der Waals surface area contributed by atoms with Crippen LogP contribution in [0.25, 0.3) is 0 Å². The second-order valence-corrected chi connectivity index (χ2v) is 6.29. The predicted molar refractivity (Wildman–Crippen MR) is 80.7 cm³/mol. The second-order valence-electron chi connectivity index (χ2n) is 6.29. The molecule has 1 saturated carbocycles. The summed E-state index contributed by atoms with van der Waals surface area (Å²) in [4.78, 5) is 15.8. The molecule has 0 bridgehead atoms. The van der Waals surface area contributed by atoms with E-state index in [1.165, 1.54) is 19.4 Å². The van der Waals surface area contributed by atoms with Crippen molar-refractivity contribution in [2.75, 3.05) is 13.1 Å². The lowest BCUT2D eigenvalue weighted by molar-refractivity contribution is -0.272. The van der Waals surface area contributed by atoms with Crippen LogP contribution in [0.5, 0.6) is 0 Å². The van der Waals surface area contributed by atoms with Crippen LogP contribution in [0.1, 0.15) is 31.5 Å². The number of hydrogen-bond acceptors (Lipinski definition) is 4. The van der Waals surface area contributed by atoms with Crippen molar-refractivity contribution in [3.8, 4) is 0 Å². The summed E-state index contributed by atoms with van der Waals surface area (Å²) in [7, 11) is 1.38. The van der Waals surface area contributed by atoms with Crippen LogP contribution in [0.3, 0.4) is 0 Å². The lowest BCUT2D eigenvalue weighted by atomic mass is 9.94. The van der Waals surface area contributed by atoms with Crippen LogP contribution < -0.4 is 11.1 Å². The van der Waals surface area contributed by atoms with Crippen molar-refractivity contribution < 1.29 is 23.1 Å². The summed E-state index contributed by atoms with van der Waals surface area (Å²) in [5.41, 5.74) is 2.51. The molecule has 0 saturated heterocycles. The number of hydrogen-bond donors (Lipinski definition) is 3. The largest absolute Gasteiger partial charge is 0.424 e. The van der Waals surface area contributed by atoms with E-state index in [1.54, 1.807) is 0 Å². The van der Waals surface area contributed by atoms with E-state index in [-0.39, 0.29) is 24.3 Å². The number of carbonyl (C=O) groups is 1. The molecule has 4 N–H and O–H groups in total. The standard InChI is InChI=1S/C15H23F3N4O2/c1-22-8-7-21-13(22)14(24,15(16,17)18)5-6-20-12(23)11-4-2-3-10(11)9-19/h7-8,10-11,24H,2-6,9,19H2,1H3,(H,20,23)/t10-,11-,14?/m1/s1. The van der Waals surface area contributed by atoms with Crippen molar-refractivity contribution in [1.29, 1.82) is 0 Å². The number of alkyl halides is 3. The molecule has 0 radical (unpaired) electrons. The van der Waals surface area contributed by atoms with E-state index in [2.05, 4.69) is 10.3 Å². The smallest absolute Gasteiger partial charge is 0.374 e. The van der Waals surface area contributed by atoms with E-state index in [4.69, 9.17) is 5.73 Å². The molecule has 1 aromatic rings. The van der Waals surface area contributed by atoms with Crippen LogP contribution >= 0.6 is 0 Å². The van der Waals surface area contributed by atoms with Gasteiger partial charge in [-0.1, -0.05) is 6.42 Å². The Morgan fingerprint density at radius 2 is 2.21 bits per heavy atom. The summed E-state index contributed by atoms with van der Waals surface area (Å²) in [5.74, 6) is -0.986. The van der Waals surface area contributed by atoms with Crippen molar-refractivity contribution in [3.05, 3.63) is 18.2 Å². The maximum atomic E-state index is 13.4. The van der Waals surface area contributed by atoms with Gasteiger partial charge in [0.25, 0.3) is 0 Å². The Hall–Kier alpha value is -1.61. The van der Waals surface area contributed by atoms with Gasteiger partial charge in [-0.3, -0.25) is 4.79 Å². The summed E-state index contributed by atoms with van der Waals surface area (Å²) in [6.07, 6.45) is -0.647. The molecule has 136 valence electrons. The Kier molecular flexibility index (Phi) is 5.54. The van der Waals surface area contributed by atoms with E-state index in [1.807, 2.05) is 0 Å². The van der Waals surface area contributed by atoms with Crippen LogP contribution in [0, 0.1) is 11.8 Å². The molecule has 1 amide bonds. The number of nitrogens with one attached hydrogen (secondary N) is 1. The first kappa shape index (κ1) is 18.7. The molecule has 6 nitrogen and oxygen atoms in total. The minimum atomic E-state index is -4.90. The molecule has 24 heavy (non-hydrogen) atoms. The fourth-order valence-corrected chi connectivity index (χ4v) is 3.31. The molecule has 1 fully saturated rings. The molecule has 0 aromatic carbocycles. The molecule has 1 aliphatic rings.